The lowest BCUT2D eigenvalue weighted by Crippen LogP contribution is -2.10. The molecule has 0 heterocycles. The van der Waals surface area contributed by atoms with E-state index in [0.717, 1.165) is 10.0 Å². The van der Waals surface area contributed by atoms with E-state index >= 15 is 0 Å². The zero-order chi connectivity index (χ0) is 14.9. The molecule has 2 aromatic carbocycles. The van der Waals surface area contributed by atoms with Crippen molar-refractivity contribution < 1.29 is 14.7 Å². The highest BCUT2D eigenvalue weighted by atomic mass is 79.9. The van der Waals surface area contributed by atoms with Gasteiger partial charge >= 0.3 is 5.97 Å². The molecule has 0 radical (unpaired) electrons. The van der Waals surface area contributed by atoms with Crippen molar-refractivity contribution in [2.24, 2.45) is 0 Å². The Kier molecular flexibility index (Phi) is 4.40. The minimum Gasteiger partial charge on any atom is -0.478 e. The molecule has 2 aromatic rings. The number of aromatic carboxylic acids is 1. The molecule has 20 heavy (non-hydrogen) atoms. The van der Waals surface area contributed by atoms with Crippen LogP contribution in [-0.2, 0) is 0 Å². The van der Waals surface area contributed by atoms with Crippen LogP contribution in [0, 0.1) is 6.92 Å². The monoisotopic (exact) mass is 396 g/mol. The maximum atomic E-state index is 12.5. The highest BCUT2D eigenvalue weighted by Crippen LogP contribution is 2.28. The highest BCUT2D eigenvalue weighted by Gasteiger charge is 2.20. The molecule has 0 aliphatic carbocycles. The molecular formula is C15H10Br2O3. The maximum Gasteiger partial charge on any atom is 0.336 e. The van der Waals surface area contributed by atoms with Crippen LogP contribution in [0.15, 0.2) is 45.3 Å². The highest BCUT2D eigenvalue weighted by molar-refractivity contribution is 9.11. The summed E-state index contributed by atoms with van der Waals surface area (Å²) in [4.78, 5) is 23.7. The summed E-state index contributed by atoms with van der Waals surface area (Å²) in [7, 11) is 0. The summed E-state index contributed by atoms with van der Waals surface area (Å²) < 4.78 is 1.44. The molecule has 0 amide bonds. The summed E-state index contributed by atoms with van der Waals surface area (Å²) in [6.45, 7) is 1.91. The van der Waals surface area contributed by atoms with Crippen LogP contribution >= 0.6 is 31.9 Å². The Morgan fingerprint density at radius 2 is 1.55 bits per heavy atom. The predicted molar refractivity (Wildman–Crippen MR) is 83.4 cm³/mol. The fourth-order valence-electron chi connectivity index (χ4n) is 1.83. The fourth-order valence-corrected chi connectivity index (χ4v) is 2.81. The number of aryl methyl sites for hydroxylation is 1. The smallest absolute Gasteiger partial charge is 0.336 e. The van der Waals surface area contributed by atoms with Gasteiger partial charge in [-0.05, 0) is 30.7 Å². The van der Waals surface area contributed by atoms with Crippen molar-refractivity contribution in [2.75, 3.05) is 0 Å². The summed E-state index contributed by atoms with van der Waals surface area (Å²) >= 11 is 6.73. The van der Waals surface area contributed by atoms with Crippen molar-refractivity contribution >= 4 is 43.6 Å². The molecule has 5 heteroatoms. The molecule has 1 N–H and O–H groups in total. The molecule has 0 fully saturated rings. The van der Waals surface area contributed by atoms with Crippen molar-refractivity contribution in [2.45, 2.75) is 6.92 Å². The number of carboxylic acid groups (broad SMARTS) is 1. The number of rotatable bonds is 3. The topological polar surface area (TPSA) is 54.4 Å². The number of carbonyl (C=O) groups excluding carboxylic acids is 1. The number of benzene rings is 2. The summed E-state index contributed by atoms with van der Waals surface area (Å²) in [6.07, 6.45) is 0. The van der Waals surface area contributed by atoms with Gasteiger partial charge in [0, 0.05) is 20.1 Å². The summed E-state index contributed by atoms with van der Waals surface area (Å²) in [5.74, 6) is -1.44. The van der Waals surface area contributed by atoms with Gasteiger partial charge in [-0.3, -0.25) is 4.79 Å². The standard InChI is InChI=1S/C15H10Br2O3/c1-8-6-13(17)11(7-12(8)16)14(18)9-4-2-3-5-10(9)15(19)20/h2-7H,1H3,(H,19,20). The summed E-state index contributed by atoms with van der Waals surface area (Å²) in [6, 6.07) is 9.71. The van der Waals surface area contributed by atoms with Crippen LogP contribution in [0.4, 0.5) is 0 Å². The van der Waals surface area contributed by atoms with Gasteiger partial charge in [-0.25, -0.2) is 4.79 Å². The number of carbonyl (C=O) groups is 2. The first kappa shape index (κ1) is 14.9. The fraction of sp³-hybridized carbons (Fsp3) is 0.0667. The largest absolute Gasteiger partial charge is 0.478 e. The molecule has 0 aliphatic rings. The van der Waals surface area contributed by atoms with E-state index in [0.29, 0.717) is 10.0 Å². The van der Waals surface area contributed by atoms with Gasteiger partial charge in [0.2, 0.25) is 0 Å². The molecule has 2 rings (SSSR count). The number of ketones is 1. The molecule has 0 unspecified atom stereocenters. The van der Waals surface area contributed by atoms with Crippen LogP contribution in [0.1, 0.15) is 31.8 Å². The molecule has 0 atom stereocenters. The van der Waals surface area contributed by atoms with E-state index in [-0.39, 0.29) is 16.9 Å². The Hall–Kier alpha value is -1.46. The first-order valence-electron chi connectivity index (χ1n) is 5.74. The van der Waals surface area contributed by atoms with Gasteiger partial charge in [0.1, 0.15) is 0 Å². The van der Waals surface area contributed by atoms with Gasteiger partial charge in [0.05, 0.1) is 5.56 Å². The number of hydrogen-bond acceptors (Lipinski definition) is 2. The SMILES string of the molecule is Cc1cc(Br)c(C(=O)c2ccccc2C(=O)O)cc1Br. The van der Waals surface area contributed by atoms with E-state index in [2.05, 4.69) is 31.9 Å². The Bertz CT molecular complexity index is 708. The number of hydrogen-bond donors (Lipinski definition) is 1. The Morgan fingerprint density at radius 3 is 2.15 bits per heavy atom. The maximum absolute atomic E-state index is 12.5. The van der Waals surface area contributed by atoms with E-state index in [1.54, 1.807) is 18.2 Å². The van der Waals surface area contributed by atoms with Gasteiger partial charge in [-0.1, -0.05) is 50.1 Å². The molecule has 3 nitrogen and oxygen atoms in total. The van der Waals surface area contributed by atoms with Gasteiger partial charge in [-0.15, -0.1) is 0 Å². The first-order chi connectivity index (χ1) is 9.41. The minimum absolute atomic E-state index is 0.00102. The van der Waals surface area contributed by atoms with Gasteiger partial charge < -0.3 is 5.11 Å². The van der Waals surface area contributed by atoms with E-state index in [1.807, 2.05) is 13.0 Å². The van der Waals surface area contributed by atoms with Crippen molar-refractivity contribution in [3.63, 3.8) is 0 Å². The van der Waals surface area contributed by atoms with E-state index in [9.17, 15) is 9.59 Å². The van der Waals surface area contributed by atoms with Crippen molar-refractivity contribution in [3.05, 3.63) is 67.6 Å². The Balaban J connectivity index is 2.58. The third-order valence-electron chi connectivity index (χ3n) is 2.90. The molecule has 0 saturated carbocycles. The van der Waals surface area contributed by atoms with Crippen molar-refractivity contribution in [3.8, 4) is 0 Å². The molecule has 102 valence electrons. The zero-order valence-electron chi connectivity index (χ0n) is 10.5. The van der Waals surface area contributed by atoms with E-state index < -0.39 is 5.97 Å². The normalized spacial score (nSPS) is 10.3. The van der Waals surface area contributed by atoms with Gasteiger partial charge in [-0.2, -0.15) is 0 Å². The average molecular weight is 398 g/mol. The summed E-state index contributed by atoms with van der Waals surface area (Å²) in [5, 5.41) is 9.16. The van der Waals surface area contributed by atoms with Crippen LogP contribution in [0.25, 0.3) is 0 Å². The minimum atomic E-state index is -1.11. The lowest BCUT2D eigenvalue weighted by Gasteiger charge is -2.09. The number of halogens is 2. The molecule has 0 bridgehead atoms. The quantitative estimate of drug-likeness (QED) is 0.778. The molecule has 0 spiro atoms. The van der Waals surface area contributed by atoms with Crippen LogP contribution in [0.3, 0.4) is 0 Å². The van der Waals surface area contributed by atoms with Gasteiger partial charge in [0.25, 0.3) is 0 Å². The lowest BCUT2D eigenvalue weighted by atomic mass is 9.98. The van der Waals surface area contributed by atoms with Crippen molar-refractivity contribution in [1.82, 2.24) is 0 Å². The second-order valence-corrected chi connectivity index (χ2v) is 5.97. The van der Waals surface area contributed by atoms with Crippen LogP contribution < -0.4 is 0 Å². The van der Waals surface area contributed by atoms with Crippen LogP contribution in [0.5, 0.6) is 0 Å². The molecule has 0 saturated heterocycles. The number of carboxylic acids is 1. The van der Waals surface area contributed by atoms with Crippen molar-refractivity contribution in [1.29, 1.82) is 0 Å². The van der Waals surface area contributed by atoms with Gasteiger partial charge in [0.15, 0.2) is 5.78 Å². The predicted octanol–water partition coefficient (Wildman–Crippen LogP) is 4.45. The summed E-state index contributed by atoms with van der Waals surface area (Å²) in [5.41, 5.74) is 1.59. The molecule has 0 aromatic heterocycles. The van der Waals surface area contributed by atoms with Crippen LogP contribution in [-0.4, -0.2) is 16.9 Å². The Morgan fingerprint density at radius 1 is 0.950 bits per heavy atom. The second kappa shape index (κ2) is 5.89. The third kappa shape index (κ3) is 2.83. The first-order valence-corrected chi connectivity index (χ1v) is 7.33. The van der Waals surface area contributed by atoms with Crippen LogP contribution in [0.2, 0.25) is 0 Å². The average Bonchev–Trinajstić information content (AvgIpc) is 2.42. The molecular weight excluding hydrogens is 388 g/mol. The second-order valence-electron chi connectivity index (χ2n) is 4.26. The van der Waals surface area contributed by atoms with E-state index in [1.165, 1.54) is 12.1 Å². The lowest BCUT2D eigenvalue weighted by molar-refractivity contribution is 0.0693. The zero-order valence-corrected chi connectivity index (χ0v) is 13.7. The van der Waals surface area contributed by atoms with E-state index in [4.69, 9.17) is 5.11 Å². The Labute approximate surface area is 132 Å². The third-order valence-corrected chi connectivity index (χ3v) is 4.41. The molecule has 0 aliphatic heterocycles.